The number of benzene rings is 1. The second kappa shape index (κ2) is 4.58. The lowest BCUT2D eigenvalue weighted by molar-refractivity contribution is 0.128. The Bertz CT molecular complexity index is 439. The number of hydrogen-bond donors (Lipinski definition) is 1. The summed E-state index contributed by atoms with van der Waals surface area (Å²) >= 11 is 0. The molecular weight excluding hydrogens is 224 g/mol. The van der Waals surface area contributed by atoms with Gasteiger partial charge < -0.3 is 9.84 Å². The van der Waals surface area contributed by atoms with Gasteiger partial charge in [0.05, 0.1) is 6.10 Å². The second-order valence-corrected chi connectivity index (χ2v) is 6.05. The van der Waals surface area contributed by atoms with Crippen molar-refractivity contribution in [3.8, 4) is 5.75 Å². The number of ether oxygens (including phenoxy) is 1. The van der Waals surface area contributed by atoms with E-state index in [4.69, 9.17) is 4.74 Å². The molecule has 98 valence electrons. The normalized spacial score (nSPS) is 31.6. The lowest BCUT2D eigenvalue weighted by Crippen LogP contribution is -2.24. The molecular formula is C16H22O2. The summed E-state index contributed by atoms with van der Waals surface area (Å²) < 4.78 is 6.20. The summed E-state index contributed by atoms with van der Waals surface area (Å²) in [5.41, 5.74) is 2.10. The highest BCUT2D eigenvalue weighted by Crippen LogP contribution is 2.46. The third kappa shape index (κ3) is 2.14. The van der Waals surface area contributed by atoms with Gasteiger partial charge in [0.1, 0.15) is 11.9 Å². The second-order valence-electron chi connectivity index (χ2n) is 6.05. The van der Waals surface area contributed by atoms with Crippen LogP contribution >= 0.6 is 0 Å². The first-order chi connectivity index (χ1) is 8.63. The Morgan fingerprint density at radius 3 is 2.72 bits per heavy atom. The van der Waals surface area contributed by atoms with Gasteiger partial charge in [-0.1, -0.05) is 11.6 Å². The highest BCUT2D eigenvalue weighted by molar-refractivity contribution is 5.38. The highest BCUT2D eigenvalue weighted by atomic mass is 16.5. The van der Waals surface area contributed by atoms with Crippen LogP contribution in [0.2, 0.25) is 0 Å². The smallest absolute Gasteiger partial charge is 0.125 e. The van der Waals surface area contributed by atoms with Crippen molar-refractivity contribution in [3.63, 3.8) is 0 Å². The zero-order valence-electron chi connectivity index (χ0n) is 11.2. The molecule has 3 rings (SSSR count). The van der Waals surface area contributed by atoms with Crippen molar-refractivity contribution in [2.45, 2.75) is 51.7 Å². The number of rotatable bonds is 3. The molecule has 4 unspecified atom stereocenters. The van der Waals surface area contributed by atoms with Crippen molar-refractivity contribution < 1.29 is 9.84 Å². The Morgan fingerprint density at radius 1 is 1.28 bits per heavy atom. The quantitative estimate of drug-likeness (QED) is 0.882. The maximum absolute atomic E-state index is 9.85. The summed E-state index contributed by atoms with van der Waals surface area (Å²) in [6.45, 7) is 3.86. The highest BCUT2D eigenvalue weighted by Gasteiger charge is 2.41. The van der Waals surface area contributed by atoms with E-state index in [0.717, 1.165) is 23.1 Å². The number of aryl methyl sites for hydroxylation is 1. The molecule has 2 heteroatoms. The molecule has 1 aromatic rings. The van der Waals surface area contributed by atoms with Crippen molar-refractivity contribution >= 4 is 0 Å². The maximum atomic E-state index is 9.85. The summed E-state index contributed by atoms with van der Waals surface area (Å²) in [5.74, 6) is 2.52. The molecule has 2 aliphatic carbocycles. The Morgan fingerprint density at radius 2 is 2.11 bits per heavy atom. The predicted octanol–water partition coefficient (Wildman–Crippen LogP) is 3.62. The average Bonchev–Trinajstić information content (AvgIpc) is 2.93. The summed E-state index contributed by atoms with van der Waals surface area (Å²) in [4.78, 5) is 0. The van der Waals surface area contributed by atoms with E-state index in [1.54, 1.807) is 0 Å². The zero-order chi connectivity index (χ0) is 12.7. The Hall–Kier alpha value is -1.02. The molecule has 1 aromatic carbocycles. The minimum atomic E-state index is -0.460. The van der Waals surface area contributed by atoms with Crippen molar-refractivity contribution in [1.82, 2.24) is 0 Å². The fraction of sp³-hybridized carbons (Fsp3) is 0.625. The van der Waals surface area contributed by atoms with Gasteiger partial charge in [0.2, 0.25) is 0 Å². The van der Waals surface area contributed by atoms with Crippen molar-refractivity contribution in [1.29, 1.82) is 0 Å². The van der Waals surface area contributed by atoms with E-state index in [9.17, 15) is 5.11 Å². The number of fused-ring (bicyclic) bond motifs is 2. The van der Waals surface area contributed by atoms with Crippen molar-refractivity contribution in [2.75, 3.05) is 0 Å². The van der Waals surface area contributed by atoms with E-state index in [-0.39, 0.29) is 0 Å². The molecule has 2 aliphatic rings. The third-order valence-corrected chi connectivity index (χ3v) is 4.57. The van der Waals surface area contributed by atoms with E-state index in [1.165, 1.54) is 31.2 Å². The number of aliphatic hydroxyl groups excluding tert-OH is 1. The van der Waals surface area contributed by atoms with Crippen LogP contribution in [0.25, 0.3) is 0 Å². The molecule has 2 saturated carbocycles. The first kappa shape index (κ1) is 12.0. The van der Waals surface area contributed by atoms with Gasteiger partial charge in [-0.2, -0.15) is 0 Å². The van der Waals surface area contributed by atoms with E-state index < -0.39 is 6.10 Å². The van der Waals surface area contributed by atoms with Crippen LogP contribution in [-0.2, 0) is 0 Å². The summed E-state index contributed by atoms with van der Waals surface area (Å²) in [6, 6.07) is 6.12. The average molecular weight is 246 g/mol. The molecule has 2 nitrogen and oxygen atoms in total. The van der Waals surface area contributed by atoms with Crippen molar-refractivity contribution in [2.24, 2.45) is 11.8 Å². The number of aliphatic hydroxyl groups is 1. The van der Waals surface area contributed by atoms with E-state index in [0.29, 0.717) is 6.10 Å². The van der Waals surface area contributed by atoms with Gasteiger partial charge in [0, 0.05) is 5.56 Å². The largest absolute Gasteiger partial charge is 0.490 e. The maximum Gasteiger partial charge on any atom is 0.125 e. The lowest BCUT2D eigenvalue weighted by atomic mass is 9.97. The minimum absolute atomic E-state index is 0.379. The van der Waals surface area contributed by atoms with Crippen LogP contribution in [0.4, 0.5) is 0 Å². The predicted molar refractivity (Wildman–Crippen MR) is 71.7 cm³/mol. The standard InChI is InChI=1S/C16H22O2/c1-10-3-6-15(14(7-10)11(2)17)18-16-9-12-4-5-13(16)8-12/h3,6-7,11-13,16-17H,4-5,8-9H2,1-2H3. The molecule has 0 heterocycles. The van der Waals surface area contributed by atoms with Crippen LogP contribution in [0.5, 0.6) is 5.75 Å². The van der Waals surface area contributed by atoms with Gasteiger partial charge in [0.25, 0.3) is 0 Å². The molecule has 0 aliphatic heterocycles. The van der Waals surface area contributed by atoms with Gasteiger partial charge in [-0.05, 0) is 63.5 Å². The van der Waals surface area contributed by atoms with Crippen molar-refractivity contribution in [3.05, 3.63) is 29.3 Å². The van der Waals surface area contributed by atoms with Gasteiger partial charge in [-0.25, -0.2) is 0 Å². The van der Waals surface area contributed by atoms with Crippen LogP contribution in [-0.4, -0.2) is 11.2 Å². The Balaban J connectivity index is 1.80. The molecule has 0 amide bonds. The third-order valence-electron chi connectivity index (χ3n) is 4.57. The molecule has 4 atom stereocenters. The van der Waals surface area contributed by atoms with E-state index in [2.05, 4.69) is 6.07 Å². The van der Waals surface area contributed by atoms with Crippen LogP contribution in [0.3, 0.4) is 0 Å². The number of hydrogen-bond acceptors (Lipinski definition) is 2. The van der Waals surface area contributed by atoms with Gasteiger partial charge in [0.15, 0.2) is 0 Å². The fourth-order valence-corrected chi connectivity index (χ4v) is 3.60. The van der Waals surface area contributed by atoms with Gasteiger partial charge >= 0.3 is 0 Å². The Kier molecular flexibility index (Phi) is 3.06. The molecule has 0 radical (unpaired) electrons. The first-order valence-electron chi connectivity index (χ1n) is 7.08. The van der Waals surface area contributed by atoms with Crippen LogP contribution in [0, 0.1) is 18.8 Å². The monoisotopic (exact) mass is 246 g/mol. The van der Waals surface area contributed by atoms with E-state index in [1.807, 2.05) is 26.0 Å². The van der Waals surface area contributed by atoms with E-state index >= 15 is 0 Å². The van der Waals surface area contributed by atoms with Crippen LogP contribution in [0.1, 0.15) is 49.8 Å². The molecule has 2 bridgehead atoms. The molecule has 1 N–H and O–H groups in total. The van der Waals surface area contributed by atoms with Crippen LogP contribution in [0.15, 0.2) is 18.2 Å². The molecule has 0 spiro atoms. The van der Waals surface area contributed by atoms with Gasteiger partial charge in [-0.15, -0.1) is 0 Å². The molecule has 2 fully saturated rings. The minimum Gasteiger partial charge on any atom is -0.490 e. The molecule has 0 saturated heterocycles. The fourth-order valence-electron chi connectivity index (χ4n) is 3.60. The Labute approximate surface area is 109 Å². The first-order valence-corrected chi connectivity index (χ1v) is 7.08. The summed E-state index contributed by atoms with van der Waals surface area (Å²) in [5, 5.41) is 9.85. The van der Waals surface area contributed by atoms with Gasteiger partial charge in [-0.3, -0.25) is 0 Å². The van der Waals surface area contributed by atoms with Crippen LogP contribution < -0.4 is 4.74 Å². The summed E-state index contributed by atoms with van der Waals surface area (Å²) in [7, 11) is 0. The summed E-state index contributed by atoms with van der Waals surface area (Å²) in [6.07, 6.45) is 5.19. The molecule has 0 aromatic heterocycles. The molecule has 18 heavy (non-hydrogen) atoms. The topological polar surface area (TPSA) is 29.5 Å². The SMILES string of the molecule is Cc1ccc(OC2CC3CCC2C3)c(C(C)O)c1. The zero-order valence-corrected chi connectivity index (χ0v) is 11.2. The lowest BCUT2D eigenvalue weighted by Gasteiger charge is -2.25.